The fourth-order valence-electron chi connectivity index (χ4n) is 2.06. The number of aromatic nitrogens is 1. The first-order chi connectivity index (χ1) is 8.88. The van der Waals surface area contributed by atoms with Crippen LogP contribution in [0.5, 0.6) is 5.75 Å². The number of hydrogen-bond donors (Lipinski definition) is 1. The Morgan fingerprint density at radius 1 is 1.28 bits per heavy atom. The summed E-state index contributed by atoms with van der Waals surface area (Å²) in [7, 11) is 0. The molecule has 88 valence electrons. The maximum atomic E-state index is 9.03. The quantitative estimate of drug-likeness (QED) is 0.871. The molecule has 0 spiro atoms. The zero-order chi connectivity index (χ0) is 12.4. The van der Waals surface area contributed by atoms with Crippen molar-refractivity contribution in [2.45, 2.75) is 6.04 Å². The summed E-state index contributed by atoms with van der Waals surface area (Å²) in [5.41, 5.74) is 1.65. The largest absolute Gasteiger partial charge is 0.491 e. The zero-order valence-electron chi connectivity index (χ0n) is 9.63. The van der Waals surface area contributed by atoms with E-state index < -0.39 is 0 Å². The Bertz CT molecular complexity index is 618. The van der Waals surface area contributed by atoms with E-state index in [1.165, 1.54) is 0 Å². The molecule has 0 saturated carbocycles. The summed E-state index contributed by atoms with van der Waals surface area (Å²) in [5.74, 6) is 1.50. The fourth-order valence-corrected chi connectivity index (χ4v) is 2.06. The molecule has 1 aromatic carbocycles. The molecule has 0 fully saturated rings. The van der Waals surface area contributed by atoms with Crippen LogP contribution in [0, 0.1) is 11.3 Å². The van der Waals surface area contributed by atoms with Crippen LogP contribution >= 0.6 is 0 Å². The number of ether oxygens (including phenoxy) is 1. The van der Waals surface area contributed by atoms with Crippen LogP contribution in [0.25, 0.3) is 0 Å². The highest BCUT2D eigenvalue weighted by Crippen LogP contribution is 2.34. The van der Waals surface area contributed by atoms with Crippen molar-refractivity contribution in [2.75, 3.05) is 11.9 Å². The number of pyridine rings is 1. The lowest BCUT2D eigenvalue weighted by molar-refractivity contribution is 0.339. The molecule has 1 aromatic heterocycles. The minimum atomic E-state index is 0.0446. The van der Waals surface area contributed by atoms with E-state index in [9.17, 15) is 0 Å². The topological polar surface area (TPSA) is 57.9 Å². The highest BCUT2D eigenvalue weighted by Gasteiger charge is 2.24. The van der Waals surface area contributed by atoms with Crippen LogP contribution in [0.2, 0.25) is 0 Å². The fraction of sp³-hybridized carbons (Fsp3) is 0.143. The van der Waals surface area contributed by atoms with Gasteiger partial charge in [-0.05, 0) is 18.2 Å². The molecule has 0 bridgehead atoms. The molecule has 2 aromatic rings. The van der Waals surface area contributed by atoms with Crippen molar-refractivity contribution in [3.63, 3.8) is 0 Å². The lowest BCUT2D eigenvalue weighted by Gasteiger charge is -2.12. The lowest BCUT2D eigenvalue weighted by atomic mass is 10.1. The monoisotopic (exact) mass is 237 g/mol. The van der Waals surface area contributed by atoms with Crippen LogP contribution in [0.3, 0.4) is 0 Å². The van der Waals surface area contributed by atoms with E-state index in [1.54, 1.807) is 18.3 Å². The molecule has 4 heteroatoms. The molecule has 3 rings (SSSR count). The minimum Gasteiger partial charge on any atom is -0.491 e. The van der Waals surface area contributed by atoms with Crippen molar-refractivity contribution in [1.82, 2.24) is 4.98 Å². The van der Waals surface area contributed by atoms with E-state index in [-0.39, 0.29) is 6.04 Å². The zero-order valence-corrected chi connectivity index (χ0v) is 9.63. The average molecular weight is 237 g/mol. The summed E-state index contributed by atoms with van der Waals surface area (Å²) in [6.07, 6.45) is 1.67. The molecule has 1 atom stereocenters. The second kappa shape index (κ2) is 4.38. The molecular formula is C14H11N3O. The predicted octanol–water partition coefficient (Wildman–Crippen LogP) is 2.50. The van der Waals surface area contributed by atoms with Crippen molar-refractivity contribution in [2.24, 2.45) is 0 Å². The van der Waals surface area contributed by atoms with Gasteiger partial charge in [-0.2, -0.15) is 5.26 Å². The molecule has 4 nitrogen and oxygen atoms in total. The first-order valence-corrected chi connectivity index (χ1v) is 5.72. The van der Waals surface area contributed by atoms with Gasteiger partial charge in [0, 0.05) is 11.8 Å². The highest BCUT2D eigenvalue weighted by atomic mass is 16.5. The van der Waals surface area contributed by atoms with Gasteiger partial charge >= 0.3 is 0 Å². The van der Waals surface area contributed by atoms with Gasteiger partial charge in [-0.15, -0.1) is 0 Å². The van der Waals surface area contributed by atoms with Gasteiger partial charge in [-0.25, -0.2) is 4.98 Å². The van der Waals surface area contributed by atoms with Crippen molar-refractivity contribution in [1.29, 1.82) is 5.26 Å². The number of hydrogen-bond acceptors (Lipinski definition) is 4. The molecule has 1 aliphatic rings. The summed E-state index contributed by atoms with van der Waals surface area (Å²) >= 11 is 0. The minimum absolute atomic E-state index is 0.0446. The second-order valence-corrected chi connectivity index (χ2v) is 4.06. The van der Waals surface area contributed by atoms with E-state index in [4.69, 9.17) is 10.00 Å². The molecule has 1 unspecified atom stereocenters. The van der Waals surface area contributed by atoms with Crippen LogP contribution in [0.4, 0.5) is 5.82 Å². The second-order valence-electron chi connectivity index (χ2n) is 4.06. The molecule has 0 amide bonds. The number of nitriles is 1. The van der Waals surface area contributed by atoms with E-state index in [0.717, 1.165) is 11.3 Å². The first kappa shape index (κ1) is 10.6. The summed E-state index contributed by atoms with van der Waals surface area (Å²) in [5, 5.41) is 12.3. The smallest absolute Gasteiger partial charge is 0.144 e. The van der Waals surface area contributed by atoms with Gasteiger partial charge in [0.05, 0.1) is 11.6 Å². The molecular weight excluding hydrogens is 226 g/mol. The van der Waals surface area contributed by atoms with Crippen molar-refractivity contribution < 1.29 is 4.74 Å². The van der Waals surface area contributed by atoms with Crippen LogP contribution in [-0.4, -0.2) is 11.6 Å². The molecule has 0 saturated heterocycles. The lowest BCUT2D eigenvalue weighted by Crippen LogP contribution is -2.13. The predicted molar refractivity (Wildman–Crippen MR) is 67.3 cm³/mol. The van der Waals surface area contributed by atoms with Crippen molar-refractivity contribution in [3.8, 4) is 11.8 Å². The maximum absolute atomic E-state index is 9.03. The molecule has 2 heterocycles. The SMILES string of the molecule is N#Cc1cccnc1NC1COc2ccccc21. The molecule has 0 radical (unpaired) electrons. The Hall–Kier alpha value is -2.54. The number of anilines is 1. The van der Waals surface area contributed by atoms with Gasteiger partial charge in [0.1, 0.15) is 24.2 Å². The van der Waals surface area contributed by atoms with Gasteiger partial charge in [-0.3, -0.25) is 0 Å². The van der Waals surface area contributed by atoms with Crippen molar-refractivity contribution in [3.05, 3.63) is 53.7 Å². The van der Waals surface area contributed by atoms with Crippen molar-refractivity contribution >= 4 is 5.82 Å². The Labute approximate surface area is 105 Å². The summed E-state index contributed by atoms with van der Waals surface area (Å²) < 4.78 is 5.58. The molecule has 1 aliphatic heterocycles. The Kier molecular flexibility index (Phi) is 2.58. The number of nitrogens with zero attached hydrogens (tertiary/aromatic N) is 2. The highest BCUT2D eigenvalue weighted by molar-refractivity contribution is 5.54. The van der Waals surface area contributed by atoms with Gasteiger partial charge in [0.25, 0.3) is 0 Å². The number of nitrogens with one attached hydrogen (secondary N) is 1. The number of fused-ring (bicyclic) bond motifs is 1. The van der Waals surface area contributed by atoms with Crippen LogP contribution in [0.15, 0.2) is 42.6 Å². The molecule has 18 heavy (non-hydrogen) atoms. The standard InChI is InChI=1S/C14H11N3O/c15-8-10-4-3-7-16-14(10)17-12-9-18-13-6-2-1-5-11(12)13/h1-7,12H,9H2,(H,16,17). The number of para-hydroxylation sites is 1. The van der Waals surface area contributed by atoms with E-state index >= 15 is 0 Å². The third-order valence-corrected chi connectivity index (χ3v) is 2.94. The van der Waals surface area contributed by atoms with E-state index in [2.05, 4.69) is 16.4 Å². The van der Waals surface area contributed by atoms with Gasteiger partial charge < -0.3 is 10.1 Å². The average Bonchev–Trinajstić information content (AvgIpc) is 2.83. The normalized spacial score (nSPS) is 16.5. The molecule has 0 aliphatic carbocycles. The summed E-state index contributed by atoms with van der Waals surface area (Å²) in [6.45, 7) is 0.556. The van der Waals surface area contributed by atoms with Crippen LogP contribution in [0.1, 0.15) is 17.2 Å². The molecule has 1 N–H and O–H groups in total. The van der Waals surface area contributed by atoms with Crippen LogP contribution < -0.4 is 10.1 Å². The summed E-state index contributed by atoms with van der Waals surface area (Å²) in [4.78, 5) is 4.20. The van der Waals surface area contributed by atoms with Gasteiger partial charge in [0.15, 0.2) is 0 Å². The summed E-state index contributed by atoms with van der Waals surface area (Å²) in [6, 6.07) is 13.6. The number of rotatable bonds is 2. The van der Waals surface area contributed by atoms with Gasteiger partial charge in [-0.1, -0.05) is 18.2 Å². The number of benzene rings is 1. The van der Waals surface area contributed by atoms with E-state index in [1.807, 2.05) is 24.3 Å². The Morgan fingerprint density at radius 3 is 3.06 bits per heavy atom. The Morgan fingerprint density at radius 2 is 2.17 bits per heavy atom. The first-order valence-electron chi connectivity index (χ1n) is 5.72. The van der Waals surface area contributed by atoms with Crippen LogP contribution in [-0.2, 0) is 0 Å². The third-order valence-electron chi connectivity index (χ3n) is 2.94. The third kappa shape index (κ3) is 1.76. The maximum Gasteiger partial charge on any atom is 0.144 e. The van der Waals surface area contributed by atoms with E-state index in [0.29, 0.717) is 18.0 Å². The van der Waals surface area contributed by atoms with Gasteiger partial charge in [0.2, 0.25) is 0 Å². The Balaban J connectivity index is 1.89.